The Balaban J connectivity index is 4.65. The second kappa shape index (κ2) is 8.19. The minimum atomic E-state index is -2.84. The standard InChI is InChI=1S/C9H15F2N3O5/c10-6(11)4-14(1-2-15)9(19)13-5(8(17)18)3-7(12)16/h5-6,15H,1-4H2,(H2,12,16)(H,13,19)(H,17,18)/t5-/m1/s1. The zero-order valence-electron chi connectivity index (χ0n) is 9.88. The van der Waals surface area contributed by atoms with Crippen LogP contribution in [0.2, 0.25) is 0 Å². The first-order valence-electron chi connectivity index (χ1n) is 5.23. The molecule has 8 nitrogen and oxygen atoms in total. The van der Waals surface area contributed by atoms with E-state index >= 15 is 0 Å². The molecule has 0 spiro atoms. The Labute approximate surface area is 107 Å². The number of amides is 3. The van der Waals surface area contributed by atoms with E-state index in [0.29, 0.717) is 4.90 Å². The van der Waals surface area contributed by atoms with Gasteiger partial charge in [-0.3, -0.25) is 4.79 Å². The molecule has 19 heavy (non-hydrogen) atoms. The SMILES string of the molecule is NC(=O)C[C@@H](NC(=O)N(CCO)CC(F)F)C(=O)O. The number of rotatable bonds is 8. The number of carbonyl (C=O) groups is 3. The van der Waals surface area contributed by atoms with Gasteiger partial charge in [0, 0.05) is 6.54 Å². The highest BCUT2D eigenvalue weighted by molar-refractivity contribution is 5.87. The molecule has 1 atom stereocenters. The summed E-state index contributed by atoms with van der Waals surface area (Å²) in [4.78, 5) is 33.4. The predicted molar refractivity (Wildman–Crippen MR) is 58.4 cm³/mol. The van der Waals surface area contributed by atoms with Crippen LogP contribution in [0.5, 0.6) is 0 Å². The minimum absolute atomic E-state index is 0.390. The van der Waals surface area contributed by atoms with Gasteiger partial charge in [-0.25, -0.2) is 18.4 Å². The van der Waals surface area contributed by atoms with Gasteiger partial charge in [0.2, 0.25) is 5.91 Å². The fraction of sp³-hybridized carbons (Fsp3) is 0.667. The van der Waals surface area contributed by atoms with Crippen LogP contribution < -0.4 is 11.1 Å². The fourth-order valence-electron chi connectivity index (χ4n) is 1.20. The number of urea groups is 1. The molecule has 0 saturated carbocycles. The Morgan fingerprint density at radius 3 is 2.26 bits per heavy atom. The van der Waals surface area contributed by atoms with Gasteiger partial charge in [-0.2, -0.15) is 0 Å². The summed E-state index contributed by atoms with van der Waals surface area (Å²) in [5.41, 5.74) is 4.80. The number of carboxylic acid groups (broad SMARTS) is 1. The molecule has 0 aromatic carbocycles. The molecule has 0 unspecified atom stereocenters. The highest BCUT2D eigenvalue weighted by Gasteiger charge is 2.25. The first kappa shape index (κ1) is 17.0. The molecule has 0 aromatic heterocycles. The number of carboxylic acids is 1. The van der Waals surface area contributed by atoms with E-state index in [4.69, 9.17) is 15.9 Å². The molecule has 0 bridgehead atoms. The summed E-state index contributed by atoms with van der Waals surface area (Å²) in [6.45, 7) is -1.91. The lowest BCUT2D eigenvalue weighted by Crippen LogP contribution is -2.51. The second-order valence-electron chi connectivity index (χ2n) is 3.57. The van der Waals surface area contributed by atoms with E-state index in [-0.39, 0.29) is 6.54 Å². The summed E-state index contributed by atoms with van der Waals surface area (Å²) in [7, 11) is 0. The third kappa shape index (κ3) is 7.13. The van der Waals surface area contributed by atoms with Crippen LogP contribution in [0.3, 0.4) is 0 Å². The van der Waals surface area contributed by atoms with Crippen molar-refractivity contribution in [3.05, 3.63) is 0 Å². The van der Waals surface area contributed by atoms with Gasteiger partial charge in [-0.15, -0.1) is 0 Å². The van der Waals surface area contributed by atoms with E-state index in [1.165, 1.54) is 0 Å². The number of hydrogen-bond acceptors (Lipinski definition) is 4. The number of nitrogens with one attached hydrogen (secondary N) is 1. The highest BCUT2D eigenvalue weighted by atomic mass is 19.3. The largest absolute Gasteiger partial charge is 0.480 e. The van der Waals surface area contributed by atoms with Gasteiger partial charge in [0.1, 0.15) is 6.04 Å². The molecule has 0 radical (unpaired) electrons. The lowest BCUT2D eigenvalue weighted by molar-refractivity contribution is -0.141. The average Bonchev–Trinajstić information content (AvgIpc) is 2.26. The first-order chi connectivity index (χ1) is 8.77. The molecule has 0 aliphatic heterocycles. The number of nitrogens with two attached hydrogens (primary N) is 1. The molecule has 0 heterocycles. The van der Waals surface area contributed by atoms with Crippen LogP contribution in [-0.2, 0) is 9.59 Å². The first-order valence-corrected chi connectivity index (χ1v) is 5.23. The van der Waals surface area contributed by atoms with Gasteiger partial charge in [-0.1, -0.05) is 0 Å². The summed E-state index contributed by atoms with van der Waals surface area (Å²) in [6.07, 6.45) is -3.50. The van der Waals surface area contributed by atoms with Crippen molar-refractivity contribution in [1.29, 1.82) is 0 Å². The number of aliphatic hydroxyl groups excluding tert-OH is 1. The van der Waals surface area contributed by atoms with Gasteiger partial charge in [0.25, 0.3) is 6.43 Å². The van der Waals surface area contributed by atoms with E-state index in [1.807, 2.05) is 5.32 Å². The maximum absolute atomic E-state index is 12.2. The number of hydrogen-bond donors (Lipinski definition) is 4. The van der Waals surface area contributed by atoms with Crippen LogP contribution >= 0.6 is 0 Å². The zero-order chi connectivity index (χ0) is 15.0. The van der Waals surface area contributed by atoms with E-state index in [1.54, 1.807) is 0 Å². The van der Waals surface area contributed by atoms with Gasteiger partial charge in [0.15, 0.2) is 0 Å². The van der Waals surface area contributed by atoms with Crippen LogP contribution in [0.15, 0.2) is 0 Å². The molecular weight excluding hydrogens is 268 g/mol. The normalized spacial score (nSPS) is 12.0. The maximum atomic E-state index is 12.2. The summed E-state index contributed by atoms with van der Waals surface area (Å²) < 4.78 is 24.4. The van der Waals surface area contributed by atoms with Crippen molar-refractivity contribution in [3.8, 4) is 0 Å². The monoisotopic (exact) mass is 283 g/mol. The molecule has 0 aliphatic rings. The number of carbonyl (C=O) groups excluding carboxylic acids is 2. The van der Waals surface area contributed by atoms with Crippen LogP contribution in [0.25, 0.3) is 0 Å². The van der Waals surface area contributed by atoms with Crippen LogP contribution in [-0.4, -0.2) is 65.2 Å². The highest BCUT2D eigenvalue weighted by Crippen LogP contribution is 2.01. The van der Waals surface area contributed by atoms with Gasteiger partial charge >= 0.3 is 12.0 Å². The van der Waals surface area contributed by atoms with Crippen molar-refractivity contribution >= 4 is 17.9 Å². The third-order valence-corrected chi connectivity index (χ3v) is 2.02. The van der Waals surface area contributed by atoms with Crippen molar-refractivity contribution in [2.75, 3.05) is 19.7 Å². The van der Waals surface area contributed by atoms with Crippen molar-refractivity contribution in [2.24, 2.45) is 5.73 Å². The fourth-order valence-corrected chi connectivity index (χ4v) is 1.20. The lowest BCUT2D eigenvalue weighted by Gasteiger charge is -2.23. The van der Waals surface area contributed by atoms with Crippen LogP contribution in [0, 0.1) is 0 Å². The number of halogens is 2. The molecular formula is C9H15F2N3O5. The zero-order valence-corrected chi connectivity index (χ0v) is 9.88. The lowest BCUT2D eigenvalue weighted by atomic mass is 10.2. The summed E-state index contributed by atoms with van der Waals surface area (Å²) >= 11 is 0. The topological polar surface area (TPSA) is 133 Å². The number of nitrogens with zero attached hydrogens (tertiary/aromatic N) is 1. The Kier molecular flexibility index (Phi) is 7.34. The van der Waals surface area contributed by atoms with Gasteiger partial charge in [0.05, 0.1) is 19.6 Å². The molecule has 0 aromatic rings. The predicted octanol–water partition coefficient (Wildman–Crippen LogP) is -1.42. The van der Waals surface area contributed by atoms with E-state index in [2.05, 4.69) is 0 Å². The van der Waals surface area contributed by atoms with Crippen LogP contribution in [0.4, 0.5) is 13.6 Å². The van der Waals surface area contributed by atoms with Crippen molar-refractivity contribution in [3.63, 3.8) is 0 Å². The van der Waals surface area contributed by atoms with Gasteiger partial charge < -0.3 is 26.2 Å². The number of primary amides is 1. The van der Waals surface area contributed by atoms with Crippen molar-refractivity contribution < 1.29 is 33.4 Å². The Hall–Kier alpha value is -1.97. The molecule has 3 amide bonds. The second-order valence-corrected chi connectivity index (χ2v) is 3.57. The maximum Gasteiger partial charge on any atom is 0.326 e. The van der Waals surface area contributed by atoms with Crippen molar-refractivity contribution in [2.45, 2.75) is 18.9 Å². The van der Waals surface area contributed by atoms with Crippen LogP contribution in [0.1, 0.15) is 6.42 Å². The quantitative estimate of drug-likeness (QED) is 0.434. The molecule has 0 rings (SSSR count). The van der Waals surface area contributed by atoms with Crippen molar-refractivity contribution in [1.82, 2.24) is 10.2 Å². The Bertz CT molecular complexity index is 340. The van der Waals surface area contributed by atoms with E-state index in [0.717, 1.165) is 0 Å². The summed E-state index contributed by atoms with van der Waals surface area (Å²) in [5, 5.41) is 19.2. The van der Waals surface area contributed by atoms with E-state index < -0.39 is 49.9 Å². The minimum Gasteiger partial charge on any atom is -0.480 e. The molecule has 0 aliphatic carbocycles. The molecule has 10 heteroatoms. The van der Waals surface area contributed by atoms with Gasteiger partial charge in [-0.05, 0) is 0 Å². The number of aliphatic hydroxyl groups is 1. The molecule has 0 saturated heterocycles. The average molecular weight is 283 g/mol. The third-order valence-electron chi connectivity index (χ3n) is 2.02. The number of alkyl halides is 2. The summed E-state index contributed by atoms with van der Waals surface area (Å²) in [5.74, 6) is -2.48. The van der Waals surface area contributed by atoms with E-state index in [9.17, 15) is 23.2 Å². The molecule has 5 N–H and O–H groups in total. The Morgan fingerprint density at radius 2 is 1.89 bits per heavy atom. The molecule has 110 valence electrons. The number of aliphatic carboxylic acids is 1. The molecule has 0 fully saturated rings. The Morgan fingerprint density at radius 1 is 1.32 bits per heavy atom. The summed E-state index contributed by atoms with van der Waals surface area (Å²) in [6, 6.07) is -2.73. The smallest absolute Gasteiger partial charge is 0.326 e.